The Morgan fingerprint density at radius 2 is 0.515 bits per heavy atom. The molecule has 6 saturated heterocycles. The zero-order valence-electron chi connectivity index (χ0n) is 35.4. The molecule has 30 atom stereocenters. The van der Waals surface area contributed by atoms with Crippen molar-refractivity contribution in [3.8, 4) is 0 Å². The Bertz CT molecular complexity index is 1520. The predicted molar refractivity (Wildman–Crippen MR) is 201 cm³/mol. The summed E-state index contributed by atoms with van der Waals surface area (Å²) in [6, 6.07) is 0. The number of aliphatic hydroxyl groups excluding tert-OH is 19. The Balaban J connectivity index is 1.08. The molecule has 0 spiro atoms. The van der Waals surface area contributed by atoms with Crippen LogP contribution in [0.3, 0.4) is 0 Å². The molecular weight excluding hydrogens is 944 g/mol. The van der Waals surface area contributed by atoms with E-state index < -0.39 is 224 Å². The molecule has 32 nitrogen and oxygen atoms in total. The third-order valence-electron chi connectivity index (χ3n) is 12.5. The fourth-order valence-electron chi connectivity index (χ4n) is 8.62. The van der Waals surface area contributed by atoms with E-state index in [0.717, 1.165) is 0 Å². The van der Waals surface area contributed by atoms with Crippen molar-refractivity contribution in [2.45, 2.75) is 184 Å². The Morgan fingerprint density at radius 1 is 0.250 bits per heavy atom. The minimum atomic E-state index is -2.20. The van der Waals surface area contributed by atoms with Gasteiger partial charge in [0, 0.05) is 0 Å². The lowest BCUT2D eigenvalue weighted by atomic mass is 9.95. The summed E-state index contributed by atoms with van der Waals surface area (Å²) in [5.41, 5.74) is 0. The second-order valence-electron chi connectivity index (χ2n) is 16.8. The monoisotopic (exact) mass is 1010 g/mol. The Kier molecular flexibility index (Phi) is 19.9. The molecule has 32 heteroatoms. The van der Waals surface area contributed by atoms with Gasteiger partial charge in [-0.25, -0.2) is 4.89 Å². The van der Waals surface area contributed by atoms with Gasteiger partial charge in [0.15, 0.2) is 43.8 Å². The van der Waals surface area contributed by atoms with Crippen LogP contribution in [0.25, 0.3) is 0 Å². The van der Waals surface area contributed by atoms with Gasteiger partial charge in [-0.05, 0) is 0 Å². The van der Waals surface area contributed by atoms with E-state index in [2.05, 4.69) is 4.89 Å². The maximum absolute atomic E-state index is 11.2. The molecule has 0 amide bonds. The van der Waals surface area contributed by atoms with Crippen molar-refractivity contribution >= 4 is 0 Å². The first-order valence-electron chi connectivity index (χ1n) is 21.3. The summed E-state index contributed by atoms with van der Waals surface area (Å²) >= 11 is 0. The lowest BCUT2D eigenvalue weighted by Gasteiger charge is -2.50. The lowest BCUT2D eigenvalue weighted by molar-refractivity contribution is -0.422. The van der Waals surface area contributed by atoms with Gasteiger partial charge in [-0.1, -0.05) is 0 Å². The summed E-state index contributed by atoms with van der Waals surface area (Å²) in [5, 5.41) is 209. The molecule has 0 saturated carbocycles. The summed E-state index contributed by atoms with van der Waals surface area (Å²) in [4.78, 5) is 4.35. The average Bonchev–Trinajstić information content (AvgIpc) is 3.33. The molecule has 0 aromatic rings. The molecule has 0 aromatic heterocycles. The van der Waals surface area contributed by atoms with E-state index in [-0.39, 0.29) is 0 Å². The van der Waals surface area contributed by atoms with Gasteiger partial charge < -0.3 is 149 Å². The molecule has 6 heterocycles. The smallest absolute Gasteiger partial charge is 0.190 e. The summed E-state index contributed by atoms with van der Waals surface area (Å²) < 4.78 is 60.7. The fourth-order valence-corrected chi connectivity index (χ4v) is 8.62. The van der Waals surface area contributed by atoms with E-state index in [9.17, 15) is 102 Å². The summed E-state index contributed by atoms with van der Waals surface area (Å²) in [7, 11) is 0. The van der Waals surface area contributed by atoms with Gasteiger partial charge in [-0.15, -0.1) is 0 Å². The maximum atomic E-state index is 11.2. The summed E-state index contributed by atoms with van der Waals surface area (Å²) in [6.07, 6.45) is -56.8. The molecule has 0 aliphatic carbocycles. The predicted octanol–water partition coefficient (Wildman–Crippen LogP) is -13.6. The SMILES string of the molecule is OC[C@H]1O[C@@H](O[C@H]2[C@H](O)[C@@H](OO)[C@H](O[C@H]3[C@H](O)[C@@H](O)[C@H](O[C@H]4[C@H](O)[C@@H](O)[C@H](O[C@H]5[C@H](O)[C@@H](O)[C@H](O[C@H]6[C@H](O)[C@@H](O)[C@H](O)O[C@@H]6CO)O[C@@H]5CO)O[C@@H]4CO)O[C@@H]3CO)O[C@@H]2CO)[C@H](O)[C@@H](O)[C@@H]1O. The van der Waals surface area contributed by atoms with Crippen molar-refractivity contribution in [3.63, 3.8) is 0 Å². The molecule has 0 aromatic carbocycles. The second kappa shape index (κ2) is 24.2. The number of ether oxygens (including phenoxy) is 11. The van der Waals surface area contributed by atoms with E-state index in [1.54, 1.807) is 0 Å². The topological polar surface area (TPSA) is 515 Å². The minimum Gasteiger partial charge on any atom is -0.394 e. The van der Waals surface area contributed by atoms with Crippen LogP contribution in [0.1, 0.15) is 0 Å². The first-order chi connectivity index (χ1) is 32.3. The van der Waals surface area contributed by atoms with Crippen molar-refractivity contribution < 1.29 is 159 Å². The molecule has 68 heavy (non-hydrogen) atoms. The van der Waals surface area contributed by atoms with E-state index in [1.807, 2.05) is 0 Å². The van der Waals surface area contributed by atoms with Crippen LogP contribution in [-0.4, -0.2) is 326 Å². The molecule has 6 rings (SSSR count). The van der Waals surface area contributed by atoms with Crippen molar-refractivity contribution in [3.05, 3.63) is 0 Å². The second-order valence-corrected chi connectivity index (χ2v) is 16.8. The largest absolute Gasteiger partial charge is 0.394 e. The van der Waals surface area contributed by atoms with Gasteiger partial charge >= 0.3 is 0 Å². The third-order valence-corrected chi connectivity index (χ3v) is 12.5. The number of aliphatic hydroxyl groups is 19. The molecular formula is C36H62O32. The van der Waals surface area contributed by atoms with Crippen molar-refractivity contribution in [2.75, 3.05) is 39.6 Å². The lowest BCUT2D eigenvalue weighted by Crippen LogP contribution is -2.68. The van der Waals surface area contributed by atoms with Crippen molar-refractivity contribution in [2.24, 2.45) is 0 Å². The first kappa shape index (κ1) is 56.0. The molecule has 20 N–H and O–H groups in total. The number of rotatable bonds is 17. The molecule has 6 aliphatic heterocycles. The van der Waals surface area contributed by atoms with Crippen LogP contribution in [0.2, 0.25) is 0 Å². The molecule has 0 bridgehead atoms. The standard InChI is InChI=1S/C36H62O32/c37-1-7-13(43)14(44)20(50)32(58-7)66-29-12(6-42)62-36(30(68-56)24(29)54)67-28-11(5-41)61-35(23(53)18(28)48)65-27-10(4-40)60-34(22(52)17(27)47)64-26-9(3-39)59-33(21(51)16(26)46)63-25-8(2-38)57-31(55)19(49)15(25)45/h7-56H,1-6H2/t7-,8-,9-,10-,11-,12-,13-,14+,15-,16-,17-,18-,19-,20-,21-,22-,23-,24+,25-,26-,27-,28-,29-,30-,31-,32+,33+,34+,35+,36+/m1/s1. The van der Waals surface area contributed by atoms with Crippen LogP contribution in [0.5, 0.6) is 0 Å². The first-order valence-corrected chi connectivity index (χ1v) is 21.3. The maximum Gasteiger partial charge on any atom is 0.190 e. The summed E-state index contributed by atoms with van der Waals surface area (Å²) in [6.45, 7) is -5.74. The quantitative estimate of drug-likeness (QED) is 0.0475. The molecule has 6 aliphatic rings. The van der Waals surface area contributed by atoms with E-state index in [4.69, 9.17) is 52.1 Å². The minimum absolute atomic E-state index is 0.844. The van der Waals surface area contributed by atoms with Crippen molar-refractivity contribution in [1.29, 1.82) is 0 Å². The van der Waals surface area contributed by atoms with Gasteiger partial charge in [-0.2, -0.15) is 0 Å². The highest BCUT2D eigenvalue weighted by molar-refractivity contribution is 5.00. The van der Waals surface area contributed by atoms with Gasteiger partial charge in [0.05, 0.1) is 39.6 Å². The van der Waals surface area contributed by atoms with E-state index in [1.165, 1.54) is 0 Å². The van der Waals surface area contributed by atoms with E-state index in [0.29, 0.717) is 0 Å². The normalized spacial score (nSPS) is 52.8. The third kappa shape index (κ3) is 11.3. The van der Waals surface area contributed by atoms with Gasteiger partial charge in [0.25, 0.3) is 0 Å². The highest BCUT2D eigenvalue weighted by Crippen LogP contribution is 2.37. The van der Waals surface area contributed by atoms with Crippen LogP contribution in [-0.2, 0) is 57.0 Å². The molecule has 398 valence electrons. The number of hydrogen-bond acceptors (Lipinski definition) is 32. The van der Waals surface area contributed by atoms with Crippen LogP contribution >= 0.6 is 0 Å². The van der Waals surface area contributed by atoms with Crippen LogP contribution in [0, 0.1) is 0 Å². The van der Waals surface area contributed by atoms with E-state index >= 15 is 0 Å². The molecule has 6 fully saturated rings. The molecule has 0 unspecified atom stereocenters. The Labute approximate surface area is 383 Å². The van der Waals surface area contributed by atoms with Crippen LogP contribution in [0.15, 0.2) is 0 Å². The highest BCUT2D eigenvalue weighted by Gasteiger charge is 2.58. The molecule has 0 radical (unpaired) electrons. The zero-order valence-corrected chi connectivity index (χ0v) is 35.4. The average molecular weight is 1010 g/mol. The van der Waals surface area contributed by atoms with Crippen molar-refractivity contribution in [1.82, 2.24) is 0 Å². The highest BCUT2D eigenvalue weighted by atomic mass is 17.1. The number of hydrogen-bond donors (Lipinski definition) is 20. The fraction of sp³-hybridized carbons (Fsp3) is 1.00. The van der Waals surface area contributed by atoms with Gasteiger partial charge in [0.2, 0.25) is 0 Å². The van der Waals surface area contributed by atoms with Gasteiger partial charge in [0.1, 0.15) is 140 Å². The van der Waals surface area contributed by atoms with Crippen LogP contribution in [0.4, 0.5) is 0 Å². The Morgan fingerprint density at radius 3 is 0.853 bits per heavy atom. The summed E-state index contributed by atoms with van der Waals surface area (Å²) in [5.74, 6) is 0. The zero-order chi connectivity index (χ0) is 50.0. The Hall–Kier alpha value is -1.28. The van der Waals surface area contributed by atoms with Crippen LogP contribution < -0.4 is 0 Å². The van der Waals surface area contributed by atoms with Gasteiger partial charge in [-0.3, -0.25) is 5.26 Å².